The predicted octanol–water partition coefficient (Wildman–Crippen LogP) is 3.96. The summed E-state index contributed by atoms with van der Waals surface area (Å²) in [6.45, 7) is 1.75. The van der Waals surface area contributed by atoms with Gasteiger partial charge >= 0.3 is 5.97 Å². The molecule has 3 rings (SSSR count). The largest absolute Gasteiger partial charge is 0.497 e. The molecule has 0 amide bonds. The van der Waals surface area contributed by atoms with Crippen molar-refractivity contribution in [3.05, 3.63) is 48.2 Å². The Kier molecular flexibility index (Phi) is 4.93. The van der Waals surface area contributed by atoms with Crippen molar-refractivity contribution >= 4 is 16.9 Å². The highest BCUT2D eigenvalue weighted by Crippen LogP contribution is 2.35. The van der Waals surface area contributed by atoms with E-state index in [0.717, 1.165) is 39.2 Å². The quantitative estimate of drug-likeness (QED) is 0.691. The Morgan fingerprint density at radius 2 is 1.68 bits per heavy atom. The molecule has 1 N–H and O–H groups in total. The molecule has 0 atom stereocenters. The first kappa shape index (κ1) is 16.9. The van der Waals surface area contributed by atoms with Crippen molar-refractivity contribution < 1.29 is 19.0 Å². The van der Waals surface area contributed by atoms with Gasteiger partial charge in [0.05, 0.1) is 20.8 Å². The highest BCUT2D eigenvalue weighted by atomic mass is 16.5. The van der Waals surface area contributed by atoms with Gasteiger partial charge in [-0.3, -0.25) is 4.79 Å². The lowest BCUT2D eigenvalue weighted by Gasteiger charge is -2.07. The molecule has 0 saturated carbocycles. The summed E-state index contributed by atoms with van der Waals surface area (Å²) >= 11 is 0. The Balaban J connectivity index is 2.07. The SMILES string of the molecule is COc1ccc(-c2c(CCOC(C)=O)[nH]c3ccc(OC)cc23)cc1. The molecule has 0 saturated heterocycles. The molecule has 2 aromatic carbocycles. The van der Waals surface area contributed by atoms with Gasteiger partial charge in [-0.25, -0.2) is 0 Å². The number of H-pyrrole nitrogens is 1. The first-order valence-electron chi connectivity index (χ1n) is 8.08. The van der Waals surface area contributed by atoms with Crippen LogP contribution in [-0.2, 0) is 16.0 Å². The number of aromatic nitrogens is 1. The molecule has 0 aliphatic rings. The molecule has 3 aromatic rings. The number of benzene rings is 2. The third kappa shape index (κ3) is 3.60. The summed E-state index contributed by atoms with van der Waals surface area (Å²) < 4.78 is 15.7. The van der Waals surface area contributed by atoms with E-state index < -0.39 is 0 Å². The van der Waals surface area contributed by atoms with Crippen LogP contribution >= 0.6 is 0 Å². The van der Waals surface area contributed by atoms with Crippen LogP contribution in [0.3, 0.4) is 0 Å². The van der Waals surface area contributed by atoms with Crippen molar-refractivity contribution in [1.29, 1.82) is 0 Å². The van der Waals surface area contributed by atoms with E-state index in [1.165, 1.54) is 6.92 Å². The number of nitrogens with one attached hydrogen (secondary N) is 1. The van der Waals surface area contributed by atoms with Crippen LogP contribution in [0.15, 0.2) is 42.5 Å². The number of carbonyl (C=O) groups excluding carboxylic acids is 1. The maximum Gasteiger partial charge on any atom is 0.302 e. The van der Waals surface area contributed by atoms with Gasteiger partial charge in [0.25, 0.3) is 0 Å². The molecule has 0 unspecified atom stereocenters. The molecule has 0 aliphatic carbocycles. The maximum atomic E-state index is 11.1. The molecular formula is C20H21NO4. The van der Waals surface area contributed by atoms with Gasteiger partial charge in [0.2, 0.25) is 0 Å². The highest BCUT2D eigenvalue weighted by molar-refractivity contribution is 5.98. The summed E-state index contributed by atoms with van der Waals surface area (Å²) in [7, 11) is 3.30. The van der Waals surface area contributed by atoms with Crippen LogP contribution in [0.4, 0.5) is 0 Å². The molecule has 0 fully saturated rings. The second kappa shape index (κ2) is 7.30. The topological polar surface area (TPSA) is 60.5 Å². The zero-order valence-electron chi connectivity index (χ0n) is 14.6. The van der Waals surface area contributed by atoms with E-state index in [-0.39, 0.29) is 5.97 Å². The predicted molar refractivity (Wildman–Crippen MR) is 97.2 cm³/mol. The number of esters is 1. The number of hydrogen-bond donors (Lipinski definition) is 1. The van der Waals surface area contributed by atoms with Crippen LogP contribution in [-0.4, -0.2) is 31.8 Å². The molecule has 130 valence electrons. The number of fused-ring (bicyclic) bond motifs is 1. The third-order valence-corrected chi connectivity index (χ3v) is 4.12. The second-order valence-electron chi connectivity index (χ2n) is 5.71. The van der Waals surface area contributed by atoms with Gasteiger partial charge in [-0.05, 0) is 35.9 Å². The Labute approximate surface area is 146 Å². The summed E-state index contributed by atoms with van der Waals surface area (Å²) in [5.74, 6) is 1.33. The van der Waals surface area contributed by atoms with Crippen LogP contribution in [0.25, 0.3) is 22.0 Å². The van der Waals surface area contributed by atoms with Crippen LogP contribution in [0, 0.1) is 0 Å². The normalized spacial score (nSPS) is 10.7. The van der Waals surface area contributed by atoms with E-state index in [1.807, 2.05) is 42.5 Å². The molecule has 0 aliphatic heterocycles. The highest BCUT2D eigenvalue weighted by Gasteiger charge is 2.15. The standard InChI is InChI=1S/C20H21NO4/c1-13(22)25-11-10-19-20(14-4-6-15(23-2)7-5-14)17-12-16(24-3)8-9-18(17)21-19/h4-9,12,21H,10-11H2,1-3H3. The molecule has 0 bridgehead atoms. The molecule has 0 radical (unpaired) electrons. The van der Waals surface area contributed by atoms with Crippen molar-refractivity contribution in [2.45, 2.75) is 13.3 Å². The summed E-state index contributed by atoms with van der Waals surface area (Å²) in [6.07, 6.45) is 0.609. The van der Waals surface area contributed by atoms with Gasteiger partial charge in [0.15, 0.2) is 0 Å². The van der Waals surface area contributed by atoms with Crippen molar-refractivity contribution in [3.8, 4) is 22.6 Å². The van der Waals surface area contributed by atoms with E-state index >= 15 is 0 Å². The minimum atomic E-state index is -0.274. The molecule has 5 heteroatoms. The van der Waals surface area contributed by atoms with Gasteiger partial charge in [-0.2, -0.15) is 0 Å². The lowest BCUT2D eigenvalue weighted by molar-refractivity contribution is -0.140. The van der Waals surface area contributed by atoms with Gasteiger partial charge in [0, 0.05) is 35.5 Å². The Bertz CT molecular complexity index is 881. The molecule has 0 spiro atoms. The van der Waals surface area contributed by atoms with Crippen molar-refractivity contribution in [2.24, 2.45) is 0 Å². The first-order valence-corrected chi connectivity index (χ1v) is 8.08. The number of carbonyl (C=O) groups is 1. The van der Waals surface area contributed by atoms with Crippen LogP contribution in [0.1, 0.15) is 12.6 Å². The Morgan fingerprint density at radius 1 is 1.00 bits per heavy atom. The summed E-state index contributed by atoms with van der Waals surface area (Å²) in [4.78, 5) is 14.5. The fraction of sp³-hybridized carbons (Fsp3) is 0.250. The van der Waals surface area contributed by atoms with Gasteiger partial charge < -0.3 is 19.2 Å². The van der Waals surface area contributed by atoms with Gasteiger partial charge in [-0.15, -0.1) is 0 Å². The van der Waals surface area contributed by atoms with E-state index in [0.29, 0.717) is 13.0 Å². The van der Waals surface area contributed by atoms with Gasteiger partial charge in [-0.1, -0.05) is 12.1 Å². The Hall–Kier alpha value is -2.95. The minimum absolute atomic E-state index is 0.274. The zero-order valence-corrected chi connectivity index (χ0v) is 14.6. The number of ether oxygens (including phenoxy) is 3. The van der Waals surface area contributed by atoms with E-state index in [2.05, 4.69) is 4.98 Å². The fourth-order valence-electron chi connectivity index (χ4n) is 2.93. The first-order chi connectivity index (χ1) is 12.1. The molecular weight excluding hydrogens is 318 g/mol. The second-order valence-corrected chi connectivity index (χ2v) is 5.71. The average molecular weight is 339 g/mol. The summed E-state index contributed by atoms with van der Waals surface area (Å²) in [6, 6.07) is 13.9. The summed E-state index contributed by atoms with van der Waals surface area (Å²) in [5, 5.41) is 1.07. The maximum absolute atomic E-state index is 11.1. The molecule has 25 heavy (non-hydrogen) atoms. The van der Waals surface area contributed by atoms with E-state index in [4.69, 9.17) is 14.2 Å². The van der Waals surface area contributed by atoms with Crippen molar-refractivity contribution in [3.63, 3.8) is 0 Å². The number of hydrogen-bond acceptors (Lipinski definition) is 4. The molecule has 5 nitrogen and oxygen atoms in total. The van der Waals surface area contributed by atoms with Crippen LogP contribution in [0.2, 0.25) is 0 Å². The molecule has 1 heterocycles. The monoisotopic (exact) mass is 339 g/mol. The van der Waals surface area contributed by atoms with Crippen molar-refractivity contribution in [2.75, 3.05) is 20.8 Å². The summed E-state index contributed by atoms with van der Waals surface area (Å²) in [5.41, 5.74) is 4.20. The van der Waals surface area contributed by atoms with Crippen LogP contribution < -0.4 is 9.47 Å². The number of rotatable bonds is 6. The van der Waals surface area contributed by atoms with E-state index in [9.17, 15) is 4.79 Å². The zero-order chi connectivity index (χ0) is 17.8. The number of aromatic amines is 1. The smallest absolute Gasteiger partial charge is 0.302 e. The third-order valence-electron chi connectivity index (χ3n) is 4.12. The number of methoxy groups -OCH3 is 2. The average Bonchev–Trinajstić information content (AvgIpc) is 2.98. The molecule has 1 aromatic heterocycles. The van der Waals surface area contributed by atoms with Gasteiger partial charge in [0.1, 0.15) is 11.5 Å². The lowest BCUT2D eigenvalue weighted by Crippen LogP contribution is -2.04. The fourth-order valence-corrected chi connectivity index (χ4v) is 2.93. The lowest BCUT2D eigenvalue weighted by atomic mass is 10.0. The van der Waals surface area contributed by atoms with Crippen LogP contribution in [0.5, 0.6) is 11.5 Å². The van der Waals surface area contributed by atoms with Crippen molar-refractivity contribution in [1.82, 2.24) is 4.98 Å². The minimum Gasteiger partial charge on any atom is -0.497 e. The van der Waals surface area contributed by atoms with E-state index in [1.54, 1.807) is 14.2 Å². The Morgan fingerprint density at radius 3 is 2.32 bits per heavy atom.